The summed E-state index contributed by atoms with van der Waals surface area (Å²) in [6, 6.07) is 12.2. The van der Waals surface area contributed by atoms with E-state index >= 15 is 0 Å². The van der Waals surface area contributed by atoms with E-state index in [9.17, 15) is 10.1 Å². The third-order valence-corrected chi connectivity index (χ3v) is 5.02. The van der Waals surface area contributed by atoms with Crippen molar-refractivity contribution in [1.29, 1.82) is 5.26 Å². The molecule has 0 radical (unpaired) electrons. The first-order chi connectivity index (χ1) is 14.7. The Labute approximate surface area is 188 Å². The molecule has 0 unspecified atom stereocenters. The van der Waals surface area contributed by atoms with Gasteiger partial charge in [-0.15, -0.1) is 0 Å². The van der Waals surface area contributed by atoms with Gasteiger partial charge in [-0.2, -0.15) is 5.26 Å². The number of hydrogen-bond acceptors (Lipinski definition) is 6. The van der Waals surface area contributed by atoms with E-state index in [2.05, 4.69) is 11.5 Å². The van der Waals surface area contributed by atoms with E-state index < -0.39 is 0 Å². The molecule has 0 aliphatic carbocycles. The van der Waals surface area contributed by atoms with Gasteiger partial charge in [0.15, 0.2) is 6.19 Å². The summed E-state index contributed by atoms with van der Waals surface area (Å²) in [7, 11) is 0. The van der Waals surface area contributed by atoms with Crippen molar-refractivity contribution < 1.29 is 9.53 Å². The lowest BCUT2D eigenvalue weighted by atomic mass is 9.92. The summed E-state index contributed by atoms with van der Waals surface area (Å²) in [5.41, 5.74) is 13.1. The molecule has 8 heteroatoms. The number of nitrogens with two attached hydrogens (primary N) is 2. The second-order valence-corrected chi connectivity index (χ2v) is 8.57. The molecule has 2 aromatic rings. The average Bonchev–Trinajstić information content (AvgIpc) is 2.75. The maximum atomic E-state index is 12.3. The van der Waals surface area contributed by atoms with Crippen molar-refractivity contribution in [2.24, 2.45) is 11.1 Å². The van der Waals surface area contributed by atoms with E-state index in [0.29, 0.717) is 61.2 Å². The van der Waals surface area contributed by atoms with Crippen molar-refractivity contribution in [2.45, 2.75) is 26.8 Å². The number of nitriles is 1. The van der Waals surface area contributed by atoms with Crippen LogP contribution < -0.4 is 21.5 Å². The maximum Gasteiger partial charge on any atom is 0.251 e. The van der Waals surface area contributed by atoms with Gasteiger partial charge in [0.25, 0.3) is 5.91 Å². The highest BCUT2D eigenvalue weighted by atomic mass is 35.5. The number of ether oxygens (including phenoxy) is 1. The summed E-state index contributed by atoms with van der Waals surface area (Å²) in [6.07, 6.45) is 2.88. The zero-order valence-electron chi connectivity index (χ0n) is 18.0. The van der Waals surface area contributed by atoms with Crippen LogP contribution in [0.25, 0.3) is 0 Å². The van der Waals surface area contributed by atoms with E-state index in [1.165, 1.54) is 0 Å². The first-order valence-electron chi connectivity index (χ1n) is 10.1. The number of nitrogens with zero attached hydrogens (tertiary/aromatic N) is 2. The summed E-state index contributed by atoms with van der Waals surface area (Å²) in [5, 5.41) is 12.9. The fraction of sp³-hybridized carbons (Fsp3) is 0.391. The quantitative estimate of drug-likeness (QED) is 0.212. The number of nitrogen functional groups attached to an aromatic ring is 1. The summed E-state index contributed by atoms with van der Waals surface area (Å²) in [4.78, 5) is 14.0. The van der Waals surface area contributed by atoms with Gasteiger partial charge in [-0.3, -0.25) is 4.79 Å². The smallest absolute Gasteiger partial charge is 0.251 e. The lowest BCUT2D eigenvalue weighted by Gasteiger charge is -2.29. The molecule has 0 aliphatic heterocycles. The second-order valence-electron chi connectivity index (χ2n) is 8.16. The number of rotatable bonds is 11. The van der Waals surface area contributed by atoms with Gasteiger partial charge >= 0.3 is 0 Å². The lowest BCUT2D eigenvalue weighted by molar-refractivity contribution is 0.0929. The Hall–Kier alpha value is -2.95. The number of amides is 1. The van der Waals surface area contributed by atoms with Crippen LogP contribution in [-0.4, -0.2) is 37.0 Å². The summed E-state index contributed by atoms with van der Waals surface area (Å²) >= 11 is 6.19. The van der Waals surface area contributed by atoms with E-state index in [-0.39, 0.29) is 11.3 Å². The number of nitrogens with one attached hydrogen (secondary N) is 1. The number of halogens is 1. The highest BCUT2D eigenvalue weighted by molar-refractivity contribution is 6.32. The Morgan fingerprint density at radius 2 is 1.97 bits per heavy atom. The van der Waals surface area contributed by atoms with Gasteiger partial charge in [0, 0.05) is 42.8 Å². The molecule has 2 aromatic carbocycles. The summed E-state index contributed by atoms with van der Waals surface area (Å²) < 4.78 is 5.72. The van der Waals surface area contributed by atoms with Crippen molar-refractivity contribution >= 4 is 23.2 Å². The molecule has 0 saturated carbocycles. The van der Waals surface area contributed by atoms with Crippen molar-refractivity contribution in [2.75, 3.05) is 32.0 Å². The van der Waals surface area contributed by atoms with Crippen LogP contribution in [0.2, 0.25) is 5.02 Å². The zero-order valence-corrected chi connectivity index (χ0v) is 18.8. The van der Waals surface area contributed by atoms with Crippen LogP contribution in [0, 0.1) is 16.9 Å². The molecule has 0 aromatic heterocycles. The minimum absolute atomic E-state index is 0.164. The van der Waals surface area contributed by atoms with Crippen LogP contribution >= 0.6 is 11.6 Å². The Morgan fingerprint density at radius 1 is 1.26 bits per heavy atom. The first kappa shape index (κ1) is 24.3. The Morgan fingerprint density at radius 3 is 2.58 bits per heavy atom. The van der Waals surface area contributed by atoms with Gasteiger partial charge in [-0.05, 0) is 48.4 Å². The van der Waals surface area contributed by atoms with E-state index in [1.807, 2.05) is 19.9 Å². The Kier molecular flexibility index (Phi) is 8.98. The molecule has 0 spiro atoms. The van der Waals surface area contributed by atoms with E-state index in [0.717, 1.165) is 5.56 Å². The third kappa shape index (κ3) is 8.00. The van der Waals surface area contributed by atoms with Crippen molar-refractivity contribution in [3.05, 3.63) is 58.6 Å². The fourth-order valence-corrected chi connectivity index (χ4v) is 3.28. The minimum atomic E-state index is -0.290. The molecule has 1 amide bonds. The largest absolute Gasteiger partial charge is 0.492 e. The van der Waals surface area contributed by atoms with Crippen LogP contribution in [0.4, 0.5) is 5.69 Å². The molecule has 0 fully saturated rings. The maximum absolute atomic E-state index is 12.3. The molecular weight excluding hydrogens is 414 g/mol. The number of anilines is 1. The predicted octanol–water partition coefficient (Wildman–Crippen LogP) is 3.39. The highest BCUT2D eigenvalue weighted by Crippen LogP contribution is 2.25. The van der Waals surface area contributed by atoms with Crippen LogP contribution in [0.1, 0.15) is 36.2 Å². The average molecular weight is 444 g/mol. The van der Waals surface area contributed by atoms with Crippen LogP contribution in [0.3, 0.4) is 0 Å². The van der Waals surface area contributed by atoms with Crippen molar-refractivity contribution in [3.8, 4) is 11.9 Å². The fourth-order valence-electron chi connectivity index (χ4n) is 3.02. The van der Waals surface area contributed by atoms with E-state index in [1.54, 1.807) is 41.3 Å². The Bertz CT molecular complexity index is 909. The molecular formula is C23H30ClN5O2. The number of benzene rings is 2. The first-order valence-corrected chi connectivity index (χ1v) is 10.5. The Balaban J connectivity index is 1.77. The van der Waals surface area contributed by atoms with Gasteiger partial charge < -0.3 is 26.4 Å². The normalized spacial score (nSPS) is 10.9. The molecule has 0 aliphatic rings. The van der Waals surface area contributed by atoms with Crippen LogP contribution in [0.5, 0.6) is 5.75 Å². The highest BCUT2D eigenvalue weighted by Gasteiger charge is 2.22. The molecule has 5 N–H and O–H groups in total. The lowest BCUT2D eigenvalue weighted by Crippen LogP contribution is -2.41. The molecule has 2 rings (SSSR count). The topological polar surface area (TPSA) is 117 Å². The van der Waals surface area contributed by atoms with Crippen molar-refractivity contribution in [3.63, 3.8) is 0 Å². The summed E-state index contributed by atoms with van der Waals surface area (Å²) in [6.45, 7) is 6.38. The van der Waals surface area contributed by atoms with Crippen LogP contribution in [0.15, 0.2) is 42.5 Å². The molecule has 31 heavy (non-hydrogen) atoms. The molecule has 0 bridgehead atoms. The number of hydrogen-bond donors (Lipinski definition) is 3. The monoisotopic (exact) mass is 443 g/mol. The summed E-state index contributed by atoms with van der Waals surface area (Å²) in [5.74, 6) is 0.440. The van der Waals surface area contributed by atoms with Gasteiger partial charge in [0.1, 0.15) is 5.75 Å². The predicted molar refractivity (Wildman–Crippen MR) is 124 cm³/mol. The van der Waals surface area contributed by atoms with Gasteiger partial charge in [0.2, 0.25) is 0 Å². The third-order valence-electron chi connectivity index (χ3n) is 4.72. The van der Waals surface area contributed by atoms with Gasteiger partial charge in [-0.1, -0.05) is 31.5 Å². The van der Waals surface area contributed by atoms with Gasteiger partial charge in [-0.25, -0.2) is 0 Å². The molecule has 0 atom stereocenters. The van der Waals surface area contributed by atoms with Crippen molar-refractivity contribution in [1.82, 2.24) is 10.2 Å². The zero-order chi connectivity index (χ0) is 22.9. The molecule has 0 heterocycles. The standard InChI is InChI=1S/C23H30ClN5O2/c1-23(2,14-28-22(30)18-5-7-19(27)8-6-18)15-29(16-26)10-3-11-31-21-9-4-17(13-25)12-20(21)24/h4-9,12H,3,10-11,13-15,25,27H2,1-2H3,(H,28,30). The number of carbonyl (C=O) groups is 1. The van der Waals surface area contributed by atoms with Crippen LogP contribution in [-0.2, 0) is 6.54 Å². The van der Waals surface area contributed by atoms with Gasteiger partial charge in [0.05, 0.1) is 11.6 Å². The van der Waals surface area contributed by atoms with E-state index in [4.69, 9.17) is 27.8 Å². The molecule has 0 saturated heterocycles. The number of carbonyl (C=O) groups excluding carboxylic acids is 1. The minimum Gasteiger partial charge on any atom is -0.492 e. The molecule has 7 nitrogen and oxygen atoms in total. The SMILES string of the molecule is CC(C)(CNC(=O)c1ccc(N)cc1)CN(C#N)CCCOc1ccc(CN)cc1Cl. The second kappa shape index (κ2) is 11.4. The molecule has 166 valence electrons.